The van der Waals surface area contributed by atoms with E-state index in [0.717, 1.165) is 11.5 Å². The molecular formula is C11H19N3O3. The van der Waals surface area contributed by atoms with E-state index in [1.54, 1.807) is 20.2 Å². The quantitative estimate of drug-likeness (QED) is 0.775. The number of aryl methyl sites for hydroxylation is 1. The Hall–Kier alpha value is -1.40. The number of nitrogens with two attached hydrogens (primary N) is 1. The lowest BCUT2D eigenvalue weighted by Crippen LogP contribution is -2.42. The molecule has 1 amide bonds. The first-order chi connectivity index (χ1) is 8.04. The number of ether oxygens (including phenoxy) is 1. The van der Waals surface area contributed by atoms with E-state index in [-0.39, 0.29) is 5.91 Å². The van der Waals surface area contributed by atoms with Crippen molar-refractivity contribution in [2.45, 2.75) is 25.9 Å². The lowest BCUT2D eigenvalue weighted by molar-refractivity contribution is -0.132. The molecule has 1 atom stereocenters. The fourth-order valence-electron chi connectivity index (χ4n) is 1.46. The lowest BCUT2D eigenvalue weighted by atomic mass is 10.2. The predicted octanol–water partition coefficient (Wildman–Crippen LogP) is 0.305. The van der Waals surface area contributed by atoms with E-state index >= 15 is 0 Å². The van der Waals surface area contributed by atoms with Gasteiger partial charge in [0.15, 0.2) is 0 Å². The van der Waals surface area contributed by atoms with E-state index in [1.807, 2.05) is 6.92 Å². The van der Waals surface area contributed by atoms with E-state index in [0.29, 0.717) is 19.6 Å². The highest BCUT2D eigenvalue weighted by atomic mass is 16.5. The SMILES string of the molecule is COCCC(N)C(=O)N(C)Cc1cc(C)on1. The summed E-state index contributed by atoms with van der Waals surface area (Å²) in [6.07, 6.45) is 0.511. The minimum atomic E-state index is -0.534. The van der Waals surface area contributed by atoms with Gasteiger partial charge in [-0.2, -0.15) is 0 Å². The van der Waals surface area contributed by atoms with Crippen molar-refractivity contribution in [3.8, 4) is 0 Å². The number of methoxy groups -OCH3 is 1. The van der Waals surface area contributed by atoms with Crippen LogP contribution in [0.5, 0.6) is 0 Å². The predicted molar refractivity (Wildman–Crippen MR) is 62.2 cm³/mol. The minimum absolute atomic E-state index is 0.122. The second-order valence-electron chi connectivity index (χ2n) is 4.01. The summed E-state index contributed by atoms with van der Waals surface area (Å²) in [5.74, 6) is 0.604. The molecule has 0 spiro atoms. The molecule has 0 aromatic carbocycles. The van der Waals surface area contributed by atoms with Gasteiger partial charge in [-0.25, -0.2) is 0 Å². The van der Waals surface area contributed by atoms with Crippen LogP contribution in [0.15, 0.2) is 10.6 Å². The monoisotopic (exact) mass is 241 g/mol. The summed E-state index contributed by atoms with van der Waals surface area (Å²) in [6.45, 7) is 2.68. The summed E-state index contributed by atoms with van der Waals surface area (Å²) in [5.41, 5.74) is 6.47. The maximum Gasteiger partial charge on any atom is 0.239 e. The Morgan fingerprint density at radius 3 is 2.94 bits per heavy atom. The van der Waals surface area contributed by atoms with Gasteiger partial charge >= 0.3 is 0 Å². The summed E-state index contributed by atoms with van der Waals surface area (Å²) >= 11 is 0. The van der Waals surface area contributed by atoms with Crippen LogP contribution in [0.25, 0.3) is 0 Å². The van der Waals surface area contributed by atoms with Crippen LogP contribution in [-0.2, 0) is 16.1 Å². The highest BCUT2D eigenvalue weighted by Gasteiger charge is 2.18. The molecule has 0 fully saturated rings. The van der Waals surface area contributed by atoms with Gasteiger partial charge in [0.2, 0.25) is 5.91 Å². The molecule has 1 aromatic heterocycles. The molecule has 1 heterocycles. The van der Waals surface area contributed by atoms with Gasteiger partial charge in [0.1, 0.15) is 11.5 Å². The van der Waals surface area contributed by atoms with Crippen LogP contribution >= 0.6 is 0 Å². The van der Waals surface area contributed by atoms with Crippen molar-refractivity contribution in [3.05, 3.63) is 17.5 Å². The number of aromatic nitrogens is 1. The van der Waals surface area contributed by atoms with E-state index in [1.165, 1.54) is 4.90 Å². The summed E-state index contributed by atoms with van der Waals surface area (Å²) < 4.78 is 9.82. The van der Waals surface area contributed by atoms with Crippen molar-refractivity contribution in [3.63, 3.8) is 0 Å². The molecule has 17 heavy (non-hydrogen) atoms. The molecule has 6 heteroatoms. The van der Waals surface area contributed by atoms with Crippen molar-refractivity contribution in [1.82, 2.24) is 10.1 Å². The van der Waals surface area contributed by atoms with Crippen molar-refractivity contribution in [1.29, 1.82) is 0 Å². The number of hydrogen-bond donors (Lipinski definition) is 1. The Labute approximate surface area is 101 Å². The van der Waals surface area contributed by atoms with Crippen LogP contribution in [0, 0.1) is 6.92 Å². The zero-order valence-corrected chi connectivity index (χ0v) is 10.5. The van der Waals surface area contributed by atoms with Crippen LogP contribution in [-0.4, -0.2) is 42.8 Å². The van der Waals surface area contributed by atoms with Gasteiger partial charge < -0.3 is 19.9 Å². The second kappa shape index (κ2) is 6.36. The Balaban J connectivity index is 2.46. The van der Waals surface area contributed by atoms with Gasteiger partial charge in [-0.15, -0.1) is 0 Å². The van der Waals surface area contributed by atoms with Gasteiger partial charge in [0.05, 0.1) is 12.6 Å². The topological polar surface area (TPSA) is 81.6 Å². The van der Waals surface area contributed by atoms with Crippen molar-refractivity contribution in [2.75, 3.05) is 20.8 Å². The molecule has 96 valence electrons. The Bertz CT molecular complexity index is 365. The molecule has 0 saturated heterocycles. The molecule has 1 unspecified atom stereocenters. The largest absolute Gasteiger partial charge is 0.385 e. The Morgan fingerprint density at radius 2 is 2.41 bits per heavy atom. The first-order valence-electron chi connectivity index (χ1n) is 5.46. The minimum Gasteiger partial charge on any atom is -0.385 e. The van der Waals surface area contributed by atoms with Crippen LogP contribution < -0.4 is 5.73 Å². The molecular weight excluding hydrogens is 222 g/mol. The fourth-order valence-corrected chi connectivity index (χ4v) is 1.46. The zero-order valence-electron chi connectivity index (χ0n) is 10.5. The smallest absolute Gasteiger partial charge is 0.239 e. The van der Waals surface area contributed by atoms with Crippen LogP contribution in [0.2, 0.25) is 0 Å². The summed E-state index contributed by atoms with van der Waals surface area (Å²) in [4.78, 5) is 13.4. The van der Waals surface area contributed by atoms with Gasteiger partial charge in [0, 0.05) is 26.8 Å². The average Bonchev–Trinajstić information content (AvgIpc) is 2.70. The Kier molecular flexibility index (Phi) is 5.11. The third kappa shape index (κ3) is 4.16. The van der Waals surface area contributed by atoms with Gasteiger partial charge in [-0.3, -0.25) is 4.79 Å². The fraction of sp³-hybridized carbons (Fsp3) is 0.636. The third-order valence-electron chi connectivity index (χ3n) is 2.40. The van der Waals surface area contributed by atoms with Crippen LogP contribution in [0.1, 0.15) is 17.9 Å². The van der Waals surface area contributed by atoms with E-state index in [2.05, 4.69) is 5.16 Å². The lowest BCUT2D eigenvalue weighted by Gasteiger charge is -2.19. The van der Waals surface area contributed by atoms with E-state index < -0.39 is 6.04 Å². The Morgan fingerprint density at radius 1 is 1.71 bits per heavy atom. The van der Waals surface area contributed by atoms with Crippen molar-refractivity contribution >= 4 is 5.91 Å². The average molecular weight is 241 g/mol. The first kappa shape index (κ1) is 13.7. The standard InChI is InChI=1S/C11H19N3O3/c1-8-6-9(13-17-8)7-14(2)11(15)10(12)4-5-16-3/h6,10H,4-5,7,12H2,1-3H3. The first-order valence-corrected chi connectivity index (χ1v) is 5.46. The van der Waals surface area contributed by atoms with Crippen molar-refractivity contribution in [2.24, 2.45) is 5.73 Å². The number of hydrogen-bond acceptors (Lipinski definition) is 5. The summed E-state index contributed by atoms with van der Waals surface area (Å²) in [6, 6.07) is 1.26. The molecule has 0 bridgehead atoms. The van der Waals surface area contributed by atoms with Gasteiger partial charge in [-0.05, 0) is 13.3 Å². The normalized spacial score (nSPS) is 12.5. The molecule has 0 aliphatic heterocycles. The van der Waals surface area contributed by atoms with Crippen molar-refractivity contribution < 1.29 is 14.1 Å². The molecule has 0 aliphatic carbocycles. The number of rotatable bonds is 6. The number of carbonyl (C=O) groups excluding carboxylic acids is 1. The highest BCUT2D eigenvalue weighted by molar-refractivity contribution is 5.81. The number of carbonyl (C=O) groups is 1. The maximum atomic E-state index is 11.8. The zero-order chi connectivity index (χ0) is 12.8. The van der Waals surface area contributed by atoms with E-state index in [9.17, 15) is 4.79 Å². The van der Waals surface area contributed by atoms with E-state index in [4.69, 9.17) is 15.0 Å². The molecule has 2 N–H and O–H groups in total. The molecule has 0 saturated carbocycles. The van der Waals surface area contributed by atoms with Crippen LogP contribution in [0.3, 0.4) is 0 Å². The van der Waals surface area contributed by atoms with Gasteiger partial charge in [0.25, 0.3) is 0 Å². The summed E-state index contributed by atoms with van der Waals surface area (Å²) in [7, 11) is 3.28. The molecule has 6 nitrogen and oxygen atoms in total. The maximum absolute atomic E-state index is 11.8. The molecule has 1 aromatic rings. The molecule has 0 aliphatic rings. The second-order valence-corrected chi connectivity index (χ2v) is 4.01. The van der Waals surface area contributed by atoms with Crippen LogP contribution in [0.4, 0.5) is 0 Å². The van der Waals surface area contributed by atoms with Gasteiger partial charge in [-0.1, -0.05) is 5.16 Å². The number of amides is 1. The highest BCUT2D eigenvalue weighted by Crippen LogP contribution is 2.06. The molecule has 1 rings (SSSR count). The number of likely N-dealkylation sites (N-methyl/N-ethyl adjacent to an activating group) is 1. The molecule has 0 radical (unpaired) electrons. The summed E-state index contributed by atoms with van der Waals surface area (Å²) in [5, 5.41) is 3.83. The number of nitrogens with zero attached hydrogens (tertiary/aromatic N) is 2. The third-order valence-corrected chi connectivity index (χ3v) is 2.40.